The fourth-order valence-corrected chi connectivity index (χ4v) is 2.41. The smallest absolute Gasteiger partial charge is 0.115 e. The first kappa shape index (κ1) is 14.3. The molecule has 0 bridgehead atoms. The van der Waals surface area contributed by atoms with Crippen molar-refractivity contribution in [1.29, 1.82) is 0 Å². The van der Waals surface area contributed by atoms with Crippen LogP contribution in [0.2, 0.25) is 0 Å². The number of phenolic OH excluding ortho intramolecular Hbond substituents is 1. The van der Waals surface area contributed by atoms with Gasteiger partial charge in [0.05, 0.1) is 18.0 Å². The molecule has 0 aliphatic rings. The molecule has 3 rings (SSSR count). The van der Waals surface area contributed by atoms with Gasteiger partial charge in [-0.2, -0.15) is 0 Å². The van der Waals surface area contributed by atoms with Gasteiger partial charge >= 0.3 is 0 Å². The first-order valence-corrected chi connectivity index (χ1v) is 7.15. The molecular formula is C17H17N3O2. The third kappa shape index (κ3) is 2.99. The van der Waals surface area contributed by atoms with Crippen LogP contribution in [-0.4, -0.2) is 25.2 Å². The number of hydrogen-bond donors (Lipinski definition) is 2. The molecule has 22 heavy (non-hydrogen) atoms. The second-order valence-electron chi connectivity index (χ2n) is 5.05. The van der Waals surface area contributed by atoms with E-state index in [0.717, 1.165) is 24.2 Å². The van der Waals surface area contributed by atoms with Crippen LogP contribution in [0.3, 0.4) is 0 Å². The number of rotatable bonds is 5. The van der Waals surface area contributed by atoms with E-state index in [9.17, 15) is 10.2 Å². The zero-order valence-corrected chi connectivity index (χ0v) is 12.1. The van der Waals surface area contributed by atoms with Crippen LogP contribution in [0.5, 0.6) is 5.75 Å². The van der Waals surface area contributed by atoms with Gasteiger partial charge in [0, 0.05) is 0 Å². The molecule has 0 radical (unpaired) electrons. The predicted molar refractivity (Wildman–Crippen MR) is 82.8 cm³/mol. The van der Waals surface area contributed by atoms with Gasteiger partial charge in [-0.3, -0.25) is 0 Å². The number of aliphatic hydroxyl groups excluding tert-OH is 1. The molecule has 5 heteroatoms. The summed E-state index contributed by atoms with van der Waals surface area (Å²) < 4.78 is 1.72. The van der Waals surface area contributed by atoms with Gasteiger partial charge in [-0.05, 0) is 42.7 Å². The maximum absolute atomic E-state index is 9.46. The highest BCUT2D eigenvalue weighted by molar-refractivity contribution is 5.38. The van der Waals surface area contributed by atoms with Gasteiger partial charge in [0.25, 0.3) is 0 Å². The van der Waals surface area contributed by atoms with Crippen molar-refractivity contribution < 1.29 is 10.2 Å². The third-order valence-corrected chi connectivity index (χ3v) is 3.58. The fraction of sp³-hybridized carbons (Fsp3) is 0.176. The topological polar surface area (TPSA) is 71.2 Å². The minimum atomic E-state index is -0.137. The molecule has 2 aromatic carbocycles. The van der Waals surface area contributed by atoms with Gasteiger partial charge < -0.3 is 10.2 Å². The summed E-state index contributed by atoms with van der Waals surface area (Å²) in [5.74, 6) is 0.206. The van der Waals surface area contributed by atoms with Crippen LogP contribution in [0.15, 0.2) is 54.6 Å². The highest BCUT2D eigenvalue weighted by Crippen LogP contribution is 2.18. The number of benzene rings is 2. The number of aliphatic hydroxyl groups is 1. The first-order valence-electron chi connectivity index (χ1n) is 7.15. The van der Waals surface area contributed by atoms with Crippen molar-refractivity contribution >= 4 is 0 Å². The van der Waals surface area contributed by atoms with Crippen LogP contribution < -0.4 is 0 Å². The minimum absolute atomic E-state index is 0.137. The molecule has 0 saturated heterocycles. The lowest BCUT2D eigenvalue weighted by Gasteiger charge is -2.08. The summed E-state index contributed by atoms with van der Waals surface area (Å²) in [5.41, 5.74) is 3.51. The van der Waals surface area contributed by atoms with Crippen molar-refractivity contribution in [3.05, 3.63) is 71.5 Å². The maximum Gasteiger partial charge on any atom is 0.115 e. The molecule has 112 valence electrons. The van der Waals surface area contributed by atoms with E-state index in [1.165, 1.54) is 5.56 Å². The number of aromatic nitrogens is 3. The van der Waals surface area contributed by atoms with Crippen molar-refractivity contribution in [3.63, 3.8) is 0 Å². The zero-order chi connectivity index (χ0) is 15.4. The Morgan fingerprint density at radius 1 is 0.909 bits per heavy atom. The molecule has 0 atom stereocenters. The molecule has 0 amide bonds. The molecule has 0 saturated carbocycles. The van der Waals surface area contributed by atoms with E-state index in [1.807, 2.05) is 18.2 Å². The van der Waals surface area contributed by atoms with Crippen LogP contribution in [-0.2, 0) is 19.4 Å². The van der Waals surface area contributed by atoms with Crippen LogP contribution in [0.1, 0.15) is 17.0 Å². The quantitative estimate of drug-likeness (QED) is 0.757. The van der Waals surface area contributed by atoms with Crippen molar-refractivity contribution in [1.82, 2.24) is 15.0 Å². The van der Waals surface area contributed by atoms with E-state index in [2.05, 4.69) is 22.4 Å². The Morgan fingerprint density at radius 3 is 2.32 bits per heavy atom. The molecule has 1 heterocycles. The number of hydrogen-bond acceptors (Lipinski definition) is 4. The van der Waals surface area contributed by atoms with Crippen LogP contribution in [0.25, 0.3) is 5.69 Å². The van der Waals surface area contributed by atoms with Crippen LogP contribution >= 0.6 is 0 Å². The minimum Gasteiger partial charge on any atom is -0.508 e. The molecule has 0 aliphatic heterocycles. The second kappa shape index (κ2) is 6.41. The lowest BCUT2D eigenvalue weighted by molar-refractivity contribution is 0.275. The first-order chi connectivity index (χ1) is 10.8. The normalized spacial score (nSPS) is 10.8. The molecule has 3 aromatic rings. The van der Waals surface area contributed by atoms with Gasteiger partial charge in [-0.25, -0.2) is 4.68 Å². The average molecular weight is 295 g/mol. The summed E-state index contributed by atoms with van der Waals surface area (Å²) in [5, 5.41) is 27.0. The van der Waals surface area contributed by atoms with Gasteiger partial charge in [0.1, 0.15) is 11.4 Å². The van der Waals surface area contributed by atoms with E-state index in [1.54, 1.807) is 28.9 Å². The SMILES string of the molecule is OCc1nnn(-c2ccc(O)cc2)c1CCc1ccccc1. The monoisotopic (exact) mass is 295 g/mol. The average Bonchev–Trinajstić information content (AvgIpc) is 2.97. The molecule has 5 nitrogen and oxygen atoms in total. The summed E-state index contributed by atoms with van der Waals surface area (Å²) in [6, 6.07) is 16.9. The van der Waals surface area contributed by atoms with Crippen LogP contribution in [0.4, 0.5) is 0 Å². The van der Waals surface area contributed by atoms with Crippen molar-refractivity contribution in [2.75, 3.05) is 0 Å². The summed E-state index contributed by atoms with van der Waals surface area (Å²) >= 11 is 0. The molecule has 0 fully saturated rings. The van der Waals surface area contributed by atoms with E-state index in [-0.39, 0.29) is 12.4 Å². The fourth-order valence-electron chi connectivity index (χ4n) is 2.41. The Labute approximate surface area is 128 Å². The lowest BCUT2D eigenvalue weighted by atomic mass is 10.1. The molecule has 1 aromatic heterocycles. The largest absolute Gasteiger partial charge is 0.508 e. The summed E-state index contributed by atoms with van der Waals surface area (Å²) in [7, 11) is 0. The van der Waals surface area contributed by atoms with E-state index < -0.39 is 0 Å². The Balaban J connectivity index is 1.88. The van der Waals surface area contributed by atoms with Crippen molar-refractivity contribution in [2.45, 2.75) is 19.4 Å². The Bertz CT molecular complexity index is 736. The number of aromatic hydroxyl groups is 1. The molecule has 0 spiro atoms. The third-order valence-electron chi connectivity index (χ3n) is 3.58. The summed E-state index contributed by atoms with van der Waals surface area (Å²) in [6.07, 6.45) is 1.58. The van der Waals surface area contributed by atoms with Gasteiger partial charge in [-0.15, -0.1) is 5.10 Å². The van der Waals surface area contributed by atoms with E-state index in [4.69, 9.17) is 0 Å². The Kier molecular flexibility index (Phi) is 4.16. The van der Waals surface area contributed by atoms with Crippen LogP contribution in [0, 0.1) is 0 Å². The van der Waals surface area contributed by atoms with Gasteiger partial charge in [0.15, 0.2) is 0 Å². The number of nitrogens with zero attached hydrogens (tertiary/aromatic N) is 3. The molecule has 0 unspecified atom stereocenters. The maximum atomic E-state index is 9.46. The zero-order valence-electron chi connectivity index (χ0n) is 12.1. The molecule has 2 N–H and O–H groups in total. The van der Waals surface area contributed by atoms with E-state index in [0.29, 0.717) is 5.69 Å². The summed E-state index contributed by atoms with van der Waals surface area (Å²) in [6.45, 7) is -0.137. The van der Waals surface area contributed by atoms with Crippen molar-refractivity contribution in [3.8, 4) is 11.4 Å². The second-order valence-corrected chi connectivity index (χ2v) is 5.05. The highest BCUT2D eigenvalue weighted by Gasteiger charge is 2.13. The van der Waals surface area contributed by atoms with Gasteiger partial charge in [-0.1, -0.05) is 35.5 Å². The number of aryl methyl sites for hydroxylation is 1. The number of phenols is 1. The van der Waals surface area contributed by atoms with Gasteiger partial charge in [0.2, 0.25) is 0 Å². The summed E-state index contributed by atoms with van der Waals surface area (Å²) in [4.78, 5) is 0. The standard InChI is InChI=1S/C17H17N3O2/c21-12-16-17(11-6-13-4-2-1-3-5-13)20(19-18-16)14-7-9-15(22)10-8-14/h1-5,7-10,21-22H,6,11-12H2. The molecule has 0 aliphatic carbocycles. The van der Waals surface area contributed by atoms with Crippen molar-refractivity contribution in [2.24, 2.45) is 0 Å². The highest BCUT2D eigenvalue weighted by atomic mass is 16.3. The predicted octanol–water partition coefficient (Wildman–Crippen LogP) is 2.25. The Hall–Kier alpha value is -2.66. The Morgan fingerprint density at radius 2 is 1.64 bits per heavy atom. The molecular weight excluding hydrogens is 278 g/mol. The lowest BCUT2D eigenvalue weighted by Crippen LogP contribution is -2.05. The van der Waals surface area contributed by atoms with E-state index >= 15 is 0 Å².